The average molecular weight is 497 g/mol. The van der Waals surface area contributed by atoms with E-state index in [1.807, 2.05) is 92.7 Å². The molecular weight excluding hydrogens is 459 g/mol. The van der Waals surface area contributed by atoms with Crippen molar-refractivity contribution in [1.82, 2.24) is 15.5 Å². The predicted octanol–water partition coefficient (Wildman–Crippen LogP) is 8.72. The molecule has 0 radical (unpaired) electrons. The molecule has 4 aromatic rings. The fourth-order valence-corrected chi connectivity index (χ4v) is 3.84. The average Bonchev–Trinajstić information content (AvgIpc) is 3.72. The topological polar surface area (TPSA) is 49.8 Å². The van der Waals surface area contributed by atoms with Crippen LogP contribution in [0, 0.1) is 5.82 Å². The zero-order valence-electron chi connectivity index (χ0n) is 22.3. The molecule has 4 nitrogen and oxygen atoms in total. The van der Waals surface area contributed by atoms with Crippen molar-refractivity contribution < 1.29 is 4.39 Å². The van der Waals surface area contributed by atoms with Crippen LogP contribution in [-0.2, 0) is 5.54 Å². The highest BCUT2D eigenvalue weighted by Gasteiger charge is 2.44. The minimum absolute atomic E-state index is 0.160. The molecule has 0 aliphatic heterocycles. The minimum atomic E-state index is -0.220. The number of aromatic nitrogens is 2. The van der Waals surface area contributed by atoms with Crippen LogP contribution in [0.25, 0.3) is 17.0 Å². The summed E-state index contributed by atoms with van der Waals surface area (Å²) < 4.78 is 13.3. The monoisotopic (exact) mass is 496 g/mol. The van der Waals surface area contributed by atoms with Gasteiger partial charge < -0.3 is 10.6 Å². The van der Waals surface area contributed by atoms with E-state index < -0.39 is 0 Å². The predicted molar refractivity (Wildman–Crippen MR) is 154 cm³/mol. The number of anilines is 2. The third-order valence-corrected chi connectivity index (χ3v) is 5.75. The number of nitrogens with zero attached hydrogens (tertiary/aromatic N) is 2. The van der Waals surface area contributed by atoms with Crippen molar-refractivity contribution >= 4 is 17.2 Å². The molecule has 1 aliphatic carbocycles. The number of nitrogens with one attached hydrogen (secondary N) is 2. The molecule has 0 unspecified atom stereocenters. The molecule has 0 atom stereocenters. The van der Waals surface area contributed by atoms with E-state index in [4.69, 9.17) is 0 Å². The van der Waals surface area contributed by atoms with Crippen LogP contribution in [0.5, 0.6) is 0 Å². The Morgan fingerprint density at radius 1 is 0.865 bits per heavy atom. The van der Waals surface area contributed by atoms with Gasteiger partial charge in [0.15, 0.2) is 5.82 Å². The van der Waals surface area contributed by atoms with Crippen LogP contribution in [0.1, 0.15) is 58.1 Å². The third-order valence-electron chi connectivity index (χ3n) is 5.75. The van der Waals surface area contributed by atoms with Crippen LogP contribution >= 0.6 is 0 Å². The molecule has 2 N–H and O–H groups in total. The largest absolute Gasteiger partial charge is 0.376 e. The van der Waals surface area contributed by atoms with Gasteiger partial charge in [0.25, 0.3) is 0 Å². The van der Waals surface area contributed by atoms with Gasteiger partial charge in [0, 0.05) is 16.9 Å². The molecule has 192 valence electrons. The Hall–Kier alpha value is -3.99. The van der Waals surface area contributed by atoms with Crippen LogP contribution in [0.4, 0.5) is 15.9 Å². The maximum absolute atomic E-state index is 13.3. The van der Waals surface area contributed by atoms with Gasteiger partial charge in [-0.2, -0.15) is 0 Å². The minimum Gasteiger partial charge on any atom is -0.376 e. The number of hydrogen-bond acceptors (Lipinski definition) is 4. The molecule has 1 aromatic heterocycles. The van der Waals surface area contributed by atoms with E-state index >= 15 is 0 Å². The summed E-state index contributed by atoms with van der Waals surface area (Å²) in [6.45, 7) is 12.5. The van der Waals surface area contributed by atoms with Crippen molar-refractivity contribution in [1.29, 1.82) is 0 Å². The second kappa shape index (κ2) is 13.4. The molecule has 1 heterocycles. The van der Waals surface area contributed by atoms with Crippen molar-refractivity contribution in [2.75, 3.05) is 5.32 Å². The van der Waals surface area contributed by atoms with Gasteiger partial charge in [0.1, 0.15) is 5.82 Å². The van der Waals surface area contributed by atoms with Crippen LogP contribution in [0.2, 0.25) is 0 Å². The highest BCUT2D eigenvalue weighted by atomic mass is 19.1. The van der Waals surface area contributed by atoms with Crippen LogP contribution < -0.4 is 10.6 Å². The second-order valence-corrected chi connectivity index (χ2v) is 8.78. The Kier molecular flexibility index (Phi) is 9.96. The molecular formula is C32H37FN4. The lowest BCUT2D eigenvalue weighted by molar-refractivity contribution is 0.611. The Morgan fingerprint density at radius 2 is 1.54 bits per heavy atom. The summed E-state index contributed by atoms with van der Waals surface area (Å²) in [5.74, 6) is 0.451. The second-order valence-electron chi connectivity index (χ2n) is 8.78. The van der Waals surface area contributed by atoms with Crippen LogP contribution in [0.15, 0.2) is 97.6 Å². The maximum Gasteiger partial charge on any atom is 0.153 e. The normalized spacial score (nSPS) is 12.7. The number of hydrogen-bond donors (Lipinski definition) is 2. The molecule has 1 saturated carbocycles. The van der Waals surface area contributed by atoms with Gasteiger partial charge in [-0.1, -0.05) is 95.3 Å². The van der Waals surface area contributed by atoms with Gasteiger partial charge in [-0.3, -0.25) is 0 Å². The van der Waals surface area contributed by atoms with Gasteiger partial charge in [-0.05, 0) is 60.4 Å². The Morgan fingerprint density at radius 3 is 2.14 bits per heavy atom. The molecule has 0 bridgehead atoms. The summed E-state index contributed by atoms with van der Waals surface area (Å²) >= 11 is 0. The Bertz CT molecular complexity index is 1250. The van der Waals surface area contributed by atoms with E-state index in [0.29, 0.717) is 5.82 Å². The van der Waals surface area contributed by atoms with E-state index in [-0.39, 0.29) is 11.4 Å². The number of benzene rings is 3. The van der Waals surface area contributed by atoms with E-state index in [9.17, 15) is 4.39 Å². The molecule has 1 aliphatic rings. The number of rotatable bonds is 7. The lowest BCUT2D eigenvalue weighted by atomic mass is 10.0. The van der Waals surface area contributed by atoms with E-state index in [0.717, 1.165) is 46.6 Å². The van der Waals surface area contributed by atoms with E-state index in [1.165, 1.54) is 18.6 Å². The van der Waals surface area contributed by atoms with Crippen LogP contribution in [0.3, 0.4) is 0 Å². The summed E-state index contributed by atoms with van der Waals surface area (Å²) in [6, 6.07) is 28.6. The van der Waals surface area contributed by atoms with Crippen molar-refractivity contribution in [3.63, 3.8) is 0 Å². The first-order chi connectivity index (χ1) is 18.0. The highest BCUT2D eigenvalue weighted by molar-refractivity contribution is 5.69. The standard InChI is InChI=1S/C27H23FN4.C3H8.C2H6/c1-19(30-27(16-17-27)22-10-12-23(28)13-11-22)21-8-5-9-24(18-21)29-26-15-14-25(31-32-26)20-6-3-2-4-7-20;1-3-2;1-2/h2-15,18,30H,1,16-17H2,(H,29,32);3H2,1-2H3;1-2H3. The molecule has 0 amide bonds. The van der Waals surface area contributed by atoms with Crippen molar-refractivity contribution in [3.05, 3.63) is 115 Å². The van der Waals surface area contributed by atoms with Crippen molar-refractivity contribution in [2.45, 2.75) is 52.5 Å². The molecule has 5 heteroatoms. The summed E-state index contributed by atoms with van der Waals surface area (Å²) in [5.41, 5.74) is 5.51. The quantitative estimate of drug-likeness (QED) is 0.269. The zero-order chi connectivity index (χ0) is 26.7. The molecule has 3 aromatic carbocycles. The first-order valence-corrected chi connectivity index (χ1v) is 13.0. The third kappa shape index (κ3) is 7.50. The summed E-state index contributed by atoms with van der Waals surface area (Å²) in [6.07, 6.45) is 3.25. The molecule has 1 fully saturated rings. The summed E-state index contributed by atoms with van der Waals surface area (Å²) in [4.78, 5) is 0. The Labute approximate surface area is 220 Å². The molecule has 37 heavy (non-hydrogen) atoms. The van der Waals surface area contributed by atoms with Crippen molar-refractivity contribution in [2.24, 2.45) is 0 Å². The first kappa shape index (κ1) is 27.6. The van der Waals surface area contributed by atoms with Gasteiger partial charge in [-0.15, -0.1) is 10.2 Å². The maximum atomic E-state index is 13.3. The van der Waals surface area contributed by atoms with Crippen molar-refractivity contribution in [3.8, 4) is 11.3 Å². The lowest BCUT2D eigenvalue weighted by Crippen LogP contribution is -2.27. The highest BCUT2D eigenvalue weighted by Crippen LogP contribution is 2.47. The van der Waals surface area contributed by atoms with E-state index in [1.54, 1.807) is 0 Å². The Balaban J connectivity index is 0.000000711. The van der Waals surface area contributed by atoms with E-state index in [2.05, 4.69) is 41.3 Å². The fraction of sp³-hybridized carbons (Fsp3) is 0.250. The van der Waals surface area contributed by atoms with Gasteiger partial charge >= 0.3 is 0 Å². The summed E-state index contributed by atoms with van der Waals surface area (Å²) in [7, 11) is 0. The van der Waals surface area contributed by atoms with Gasteiger partial charge in [-0.25, -0.2) is 4.39 Å². The number of halogens is 1. The lowest BCUT2D eigenvalue weighted by Gasteiger charge is -2.21. The fourth-order valence-electron chi connectivity index (χ4n) is 3.84. The zero-order valence-corrected chi connectivity index (χ0v) is 22.3. The first-order valence-electron chi connectivity index (χ1n) is 13.0. The smallest absolute Gasteiger partial charge is 0.153 e. The summed E-state index contributed by atoms with van der Waals surface area (Å²) in [5, 5.41) is 15.5. The van der Waals surface area contributed by atoms with Crippen LogP contribution in [-0.4, -0.2) is 10.2 Å². The molecule has 0 saturated heterocycles. The SMILES string of the molecule is C=C(NC1(c2ccc(F)cc2)CC1)c1cccc(Nc2ccc(-c3ccccc3)nn2)c1.CC.CCC. The van der Waals surface area contributed by atoms with Gasteiger partial charge in [0.05, 0.1) is 11.2 Å². The van der Waals surface area contributed by atoms with Gasteiger partial charge in [0.2, 0.25) is 0 Å². The molecule has 0 spiro atoms. The molecule has 5 rings (SSSR count).